The van der Waals surface area contributed by atoms with Gasteiger partial charge in [-0.15, -0.1) is 0 Å². The van der Waals surface area contributed by atoms with Crippen LogP contribution in [0.1, 0.15) is 56.3 Å². The molecule has 3 rings (SSSR count). The molecule has 2 aromatic rings. The minimum absolute atomic E-state index is 0.149. The number of aromatic nitrogens is 2. The Morgan fingerprint density at radius 2 is 1.94 bits per heavy atom. The van der Waals surface area contributed by atoms with E-state index in [1.807, 2.05) is 54.1 Å². The van der Waals surface area contributed by atoms with E-state index in [2.05, 4.69) is 11.7 Å². The van der Waals surface area contributed by atoms with Crippen molar-refractivity contribution in [3.05, 3.63) is 82.4 Å². The zero-order chi connectivity index (χ0) is 22.2. The van der Waals surface area contributed by atoms with Crippen LogP contribution in [0.3, 0.4) is 0 Å². The Kier molecular flexibility index (Phi) is 8.13. The van der Waals surface area contributed by atoms with Crippen LogP contribution < -0.4 is 0 Å². The van der Waals surface area contributed by atoms with E-state index in [0.717, 1.165) is 66.1 Å². The summed E-state index contributed by atoms with van der Waals surface area (Å²) < 4.78 is 8.06. The van der Waals surface area contributed by atoms with Gasteiger partial charge in [-0.3, -0.25) is 4.79 Å². The second-order valence-corrected chi connectivity index (χ2v) is 8.30. The molecule has 1 aromatic heterocycles. The maximum Gasteiger partial charge on any atom is 0.303 e. The molecular formula is C25H29ClN2O3. The summed E-state index contributed by atoms with van der Waals surface area (Å²) in [5.41, 5.74) is 4.86. The van der Waals surface area contributed by atoms with Crippen molar-refractivity contribution < 1.29 is 14.6 Å². The second kappa shape index (κ2) is 11.0. The average molecular weight is 441 g/mol. The molecular weight excluding hydrogens is 412 g/mol. The van der Waals surface area contributed by atoms with Crippen LogP contribution in [-0.2, 0) is 16.1 Å². The molecule has 0 unspecified atom stereocenters. The summed E-state index contributed by atoms with van der Waals surface area (Å²) in [6.07, 6.45) is 9.70. The highest BCUT2D eigenvalue weighted by Crippen LogP contribution is 2.25. The van der Waals surface area contributed by atoms with Gasteiger partial charge >= 0.3 is 5.97 Å². The van der Waals surface area contributed by atoms with Gasteiger partial charge in [0.2, 0.25) is 0 Å². The molecule has 1 heterocycles. The van der Waals surface area contributed by atoms with Crippen molar-refractivity contribution in [2.75, 3.05) is 0 Å². The largest absolute Gasteiger partial charge is 0.487 e. The van der Waals surface area contributed by atoms with Crippen LogP contribution in [0.4, 0.5) is 0 Å². The number of allylic oxidation sites excluding steroid dienone is 4. The van der Waals surface area contributed by atoms with E-state index in [1.54, 1.807) is 0 Å². The van der Waals surface area contributed by atoms with Gasteiger partial charge in [0.05, 0.1) is 17.1 Å². The normalized spacial score (nSPS) is 18.6. The smallest absolute Gasteiger partial charge is 0.303 e. The zero-order valence-corrected chi connectivity index (χ0v) is 18.7. The fraction of sp³-hybridized carbons (Fsp3) is 0.360. The molecule has 0 aliphatic heterocycles. The maximum absolute atomic E-state index is 11.0. The SMILES string of the molecule is C=C1CCCCC/C(CCC(=O)O)=C\C=C/1OCc1cc(C)nn1-c1ccc(Cl)cc1. The highest BCUT2D eigenvalue weighted by Gasteiger charge is 2.12. The summed E-state index contributed by atoms with van der Waals surface area (Å²) in [6.45, 7) is 6.53. The van der Waals surface area contributed by atoms with Gasteiger partial charge < -0.3 is 9.84 Å². The molecule has 6 heteroatoms. The summed E-state index contributed by atoms with van der Waals surface area (Å²) in [4.78, 5) is 11.0. The standard InChI is InChI=1S/C25H29ClN2O3/c1-18-6-4-3-5-7-20(9-15-25(29)30)8-14-24(18)31-17-23-16-19(2)27-28(23)22-12-10-21(26)11-13-22/h8,10-14,16H,1,3-7,9,15,17H2,2H3,(H,29,30)/b20-8+,24-14+. The summed E-state index contributed by atoms with van der Waals surface area (Å²) in [5.74, 6) is -0.0232. The summed E-state index contributed by atoms with van der Waals surface area (Å²) in [7, 11) is 0. The number of hydrogen-bond acceptors (Lipinski definition) is 3. The molecule has 1 N–H and O–H groups in total. The first-order valence-corrected chi connectivity index (χ1v) is 11.0. The number of halogens is 1. The third-order valence-electron chi connectivity index (χ3n) is 5.31. The first-order chi connectivity index (χ1) is 14.9. The van der Waals surface area contributed by atoms with Gasteiger partial charge in [0.1, 0.15) is 12.4 Å². The summed E-state index contributed by atoms with van der Waals surface area (Å²) in [6, 6.07) is 9.54. The lowest BCUT2D eigenvalue weighted by molar-refractivity contribution is -0.136. The molecule has 1 aliphatic carbocycles. The van der Waals surface area contributed by atoms with E-state index in [-0.39, 0.29) is 6.42 Å². The Labute approximate surface area is 188 Å². The second-order valence-electron chi connectivity index (χ2n) is 7.87. The van der Waals surface area contributed by atoms with Crippen molar-refractivity contribution in [1.29, 1.82) is 0 Å². The van der Waals surface area contributed by atoms with E-state index < -0.39 is 5.97 Å². The highest BCUT2D eigenvalue weighted by molar-refractivity contribution is 6.30. The van der Waals surface area contributed by atoms with E-state index in [9.17, 15) is 4.79 Å². The minimum atomic E-state index is -0.770. The molecule has 5 nitrogen and oxygen atoms in total. The van der Waals surface area contributed by atoms with Crippen LogP contribution in [0.2, 0.25) is 5.02 Å². The van der Waals surface area contributed by atoms with Crippen molar-refractivity contribution in [3.8, 4) is 5.69 Å². The average Bonchev–Trinajstić information content (AvgIpc) is 3.11. The van der Waals surface area contributed by atoms with Crippen LogP contribution in [0.5, 0.6) is 0 Å². The van der Waals surface area contributed by atoms with Crippen molar-refractivity contribution in [2.24, 2.45) is 0 Å². The maximum atomic E-state index is 11.0. The number of nitrogens with zero attached hydrogens (tertiary/aromatic N) is 2. The third-order valence-corrected chi connectivity index (χ3v) is 5.56. The van der Waals surface area contributed by atoms with E-state index in [1.165, 1.54) is 0 Å². The van der Waals surface area contributed by atoms with Gasteiger partial charge in [0.15, 0.2) is 0 Å². The van der Waals surface area contributed by atoms with E-state index >= 15 is 0 Å². The van der Waals surface area contributed by atoms with Crippen LogP contribution in [0, 0.1) is 6.92 Å². The van der Waals surface area contributed by atoms with Gasteiger partial charge in [0.25, 0.3) is 0 Å². The number of aliphatic carboxylic acids is 1. The molecule has 0 fully saturated rings. The van der Waals surface area contributed by atoms with Gasteiger partial charge in [-0.2, -0.15) is 5.10 Å². The number of aryl methyl sites for hydroxylation is 1. The number of ether oxygens (including phenoxy) is 1. The lowest BCUT2D eigenvalue weighted by Crippen LogP contribution is -2.05. The third kappa shape index (κ3) is 6.86. The molecule has 0 saturated heterocycles. The summed E-state index contributed by atoms with van der Waals surface area (Å²) >= 11 is 6.02. The van der Waals surface area contributed by atoms with Gasteiger partial charge in [0, 0.05) is 11.4 Å². The first kappa shape index (κ1) is 22.9. The van der Waals surface area contributed by atoms with Crippen molar-refractivity contribution in [3.63, 3.8) is 0 Å². The monoisotopic (exact) mass is 440 g/mol. The number of hydrogen-bond donors (Lipinski definition) is 1. The lowest BCUT2D eigenvalue weighted by atomic mass is 9.98. The van der Waals surface area contributed by atoms with Crippen LogP contribution in [-0.4, -0.2) is 20.9 Å². The van der Waals surface area contributed by atoms with Gasteiger partial charge in [-0.25, -0.2) is 4.68 Å². The van der Waals surface area contributed by atoms with E-state index in [4.69, 9.17) is 21.4 Å². The molecule has 0 atom stereocenters. The number of benzene rings is 1. The molecule has 0 spiro atoms. The Bertz CT molecular complexity index is 987. The topological polar surface area (TPSA) is 64.3 Å². The number of carboxylic acid groups (broad SMARTS) is 1. The molecule has 0 saturated carbocycles. The lowest BCUT2D eigenvalue weighted by Gasteiger charge is -2.16. The molecule has 0 radical (unpaired) electrons. The predicted molar refractivity (Wildman–Crippen MR) is 123 cm³/mol. The quantitative estimate of drug-likeness (QED) is 0.530. The van der Waals surface area contributed by atoms with Crippen molar-refractivity contribution in [1.82, 2.24) is 9.78 Å². The van der Waals surface area contributed by atoms with Gasteiger partial charge in [-0.05, 0) is 81.0 Å². The fourth-order valence-electron chi connectivity index (χ4n) is 3.62. The van der Waals surface area contributed by atoms with Crippen molar-refractivity contribution in [2.45, 2.75) is 58.5 Å². The molecule has 0 bridgehead atoms. The van der Waals surface area contributed by atoms with Crippen LogP contribution in [0.25, 0.3) is 5.69 Å². The zero-order valence-electron chi connectivity index (χ0n) is 17.9. The molecule has 0 amide bonds. The summed E-state index contributed by atoms with van der Waals surface area (Å²) in [5, 5.41) is 14.3. The molecule has 164 valence electrons. The Hall–Kier alpha value is -2.79. The number of rotatable bonds is 7. The molecule has 1 aliphatic rings. The number of carbonyl (C=O) groups is 1. The van der Waals surface area contributed by atoms with Gasteiger partial charge in [-0.1, -0.05) is 36.2 Å². The number of carboxylic acids is 1. The molecule has 1 aromatic carbocycles. The first-order valence-electron chi connectivity index (χ1n) is 10.7. The van der Waals surface area contributed by atoms with Crippen LogP contribution >= 0.6 is 11.6 Å². The van der Waals surface area contributed by atoms with Crippen LogP contribution in [0.15, 0.2) is 66.0 Å². The Morgan fingerprint density at radius 1 is 1.19 bits per heavy atom. The Morgan fingerprint density at radius 3 is 2.68 bits per heavy atom. The predicted octanol–water partition coefficient (Wildman–Crippen LogP) is 6.55. The van der Waals surface area contributed by atoms with Crippen molar-refractivity contribution >= 4 is 17.6 Å². The highest BCUT2D eigenvalue weighted by atomic mass is 35.5. The fourth-order valence-corrected chi connectivity index (χ4v) is 3.75. The molecule has 31 heavy (non-hydrogen) atoms. The minimum Gasteiger partial charge on any atom is -0.487 e. The Balaban J connectivity index is 1.80. The van der Waals surface area contributed by atoms with E-state index in [0.29, 0.717) is 18.1 Å².